The number of carbonyl (C=O) groups excluding carboxylic acids is 1. The number of hydrogen-bond donors (Lipinski definition) is 0. The molecule has 118 valence electrons. The van der Waals surface area contributed by atoms with Gasteiger partial charge in [0.2, 0.25) is 0 Å². The molecule has 1 aromatic rings. The molecular formula is C10H6F6INO3. The van der Waals surface area contributed by atoms with E-state index in [1.165, 1.54) is 22.6 Å². The number of alkyl halides is 6. The lowest BCUT2D eigenvalue weighted by Crippen LogP contribution is -2.21. The second-order valence-corrected chi connectivity index (χ2v) is 4.59. The van der Waals surface area contributed by atoms with Gasteiger partial charge in [0.25, 0.3) is 0 Å². The summed E-state index contributed by atoms with van der Waals surface area (Å²) in [5, 5.41) is 0. The fraction of sp³-hybridized carbons (Fsp3) is 0.400. The van der Waals surface area contributed by atoms with Crippen molar-refractivity contribution in [2.24, 2.45) is 0 Å². The molecule has 4 nitrogen and oxygen atoms in total. The Labute approximate surface area is 127 Å². The Morgan fingerprint density at radius 3 is 2.29 bits per heavy atom. The molecule has 1 rings (SSSR count). The van der Waals surface area contributed by atoms with Crippen molar-refractivity contribution in [2.45, 2.75) is 19.0 Å². The van der Waals surface area contributed by atoms with Gasteiger partial charge in [0, 0.05) is 0 Å². The number of nitrogens with zero attached hydrogens (tertiary/aromatic N) is 1. The molecule has 0 aliphatic rings. The van der Waals surface area contributed by atoms with Crippen LogP contribution in [0.15, 0.2) is 6.07 Å². The lowest BCUT2D eigenvalue weighted by molar-refractivity contribution is -0.275. The van der Waals surface area contributed by atoms with Crippen LogP contribution in [0.5, 0.6) is 5.75 Å². The van der Waals surface area contributed by atoms with Crippen molar-refractivity contribution < 1.29 is 40.6 Å². The number of halogens is 7. The highest BCUT2D eigenvalue weighted by Gasteiger charge is 2.38. The van der Waals surface area contributed by atoms with Crippen molar-refractivity contribution in [1.82, 2.24) is 4.98 Å². The molecule has 0 amide bonds. The van der Waals surface area contributed by atoms with Crippen LogP contribution in [0.1, 0.15) is 11.3 Å². The second-order valence-electron chi connectivity index (χ2n) is 3.57. The summed E-state index contributed by atoms with van der Waals surface area (Å²) in [7, 11) is 0.960. The normalized spacial score (nSPS) is 12.2. The van der Waals surface area contributed by atoms with Crippen LogP contribution in [0.25, 0.3) is 0 Å². The summed E-state index contributed by atoms with van der Waals surface area (Å²) >= 11 is 1.27. The average molecular weight is 429 g/mol. The highest BCUT2D eigenvalue weighted by molar-refractivity contribution is 14.1. The van der Waals surface area contributed by atoms with E-state index < -0.39 is 45.6 Å². The Bertz CT molecular complexity index is 543. The van der Waals surface area contributed by atoms with Crippen LogP contribution in [0.3, 0.4) is 0 Å². The third kappa shape index (κ3) is 5.21. The van der Waals surface area contributed by atoms with E-state index in [1.54, 1.807) is 0 Å². The van der Waals surface area contributed by atoms with Gasteiger partial charge in [-0.15, -0.1) is 13.2 Å². The van der Waals surface area contributed by atoms with Gasteiger partial charge in [-0.1, -0.05) is 0 Å². The lowest BCUT2D eigenvalue weighted by Gasteiger charge is -2.16. The Morgan fingerprint density at radius 2 is 1.86 bits per heavy atom. The highest BCUT2D eigenvalue weighted by Crippen LogP contribution is 2.37. The van der Waals surface area contributed by atoms with E-state index in [-0.39, 0.29) is 6.07 Å². The van der Waals surface area contributed by atoms with Crippen LogP contribution < -0.4 is 4.74 Å². The summed E-state index contributed by atoms with van der Waals surface area (Å²) in [4.78, 5) is 14.4. The molecule has 21 heavy (non-hydrogen) atoms. The van der Waals surface area contributed by atoms with Gasteiger partial charge in [0.05, 0.1) is 24.8 Å². The predicted molar refractivity (Wildman–Crippen MR) is 64.4 cm³/mol. The predicted octanol–water partition coefficient (Wildman–Crippen LogP) is 3.32. The van der Waals surface area contributed by atoms with Crippen LogP contribution >= 0.6 is 22.6 Å². The summed E-state index contributed by atoms with van der Waals surface area (Å²) in [5.74, 6) is -2.10. The van der Waals surface area contributed by atoms with E-state index in [9.17, 15) is 31.1 Å². The van der Waals surface area contributed by atoms with Crippen LogP contribution in [-0.4, -0.2) is 24.4 Å². The minimum Gasteiger partial charge on any atom is -0.469 e. The number of aromatic nitrogens is 1. The first-order chi connectivity index (χ1) is 9.44. The number of esters is 1. The van der Waals surface area contributed by atoms with Crippen LogP contribution in [0.2, 0.25) is 0 Å². The van der Waals surface area contributed by atoms with Crippen molar-refractivity contribution in [3.63, 3.8) is 0 Å². The molecule has 1 heterocycles. The third-order valence-electron chi connectivity index (χ3n) is 2.09. The van der Waals surface area contributed by atoms with Crippen LogP contribution in [0, 0.1) is 3.70 Å². The molecule has 11 heteroatoms. The Morgan fingerprint density at radius 1 is 1.29 bits per heavy atom. The van der Waals surface area contributed by atoms with E-state index in [4.69, 9.17) is 0 Å². The van der Waals surface area contributed by atoms with Crippen molar-refractivity contribution in [3.8, 4) is 5.75 Å². The molecule has 0 aliphatic heterocycles. The van der Waals surface area contributed by atoms with Gasteiger partial charge in [-0.25, -0.2) is 4.98 Å². The number of pyridine rings is 1. The van der Waals surface area contributed by atoms with E-state index in [0.29, 0.717) is 0 Å². The molecule has 0 saturated carbocycles. The Kier molecular flexibility index (Phi) is 5.28. The van der Waals surface area contributed by atoms with Crippen LogP contribution in [-0.2, 0) is 22.1 Å². The molecule has 0 aromatic carbocycles. The summed E-state index contributed by atoms with van der Waals surface area (Å²) in [6.07, 6.45) is -11.0. The Balaban J connectivity index is 3.33. The minimum atomic E-state index is -5.16. The van der Waals surface area contributed by atoms with E-state index in [0.717, 1.165) is 7.11 Å². The zero-order chi connectivity index (χ0) is 16.4. The van der Waals surface area contributed by atoms with Crippen molar-refractivity contribution in [3.05, 3.63) is 21.0 Å². The maximum atomic E-state index is 12.8. The van der Waals surface area contributed by atoms with E-state index >= 15 is 0 Å². The maximum absolute atomic E-state index is 12.8. The molecule has 0 radical (unpaired) electrons. The number of methoxy groups -OCH3 is 1. The highest BCUT2D eigenvalue weighted by atomic mass is 127. The van der Waals surface area contributed by atoms with E-state index in [2.05, 4.69) is 14.5 Å². The largest absolute Gasteiger partial charge is 0.573 e. The average Bonchev–Trinajstić information content (AvgIpc) is 2.29. The summed E-state index contributed by atoms with van der Waals surface area (Å²) in [6.45, 7) is 0. The second kappa shape index (κ2) is 6.23. The molecule has 0 bridgehead atoms. The molecule has 0 spiro atoms. The van der Waals surface area contributed by atoms with Gasteiger partial charge in [0.1, 0.15) is 3.70 Å². The zero-order valence-electron chi connectivity index (χ0n) is 10.1. The quantitative estimate of drug-likeness (QED) is 0.320. The van der Waals surface area contributed by atoms with Gasteiger partial charge in [0.15, 0.2) is 5.75 Å². The number of carbonyl (C=O) groups is 1. The van der Waals surface area contributed by atoms with Gasteiger partial charge >= 0.3 is 18.5 Å². The fourth-order valence-electron chi connectivity index (χ4n) is 1.29. The molecule has 1 aromatic heterocycles. The standard InChI is InChI=1S/C10H6F6INO3/c1-20-7(19)3-5-4(9(11,12)13)2-6(8(17)18-5)21-10(14,15)16/h2H,3H2,1H3. The first-order valence-corrected chi connectivity index (χ1v) is 6.11. The van der Waals surface area contributed by atoms with Gasteiger partial charge in [-0.3, -0.25) is 4.79 Å². The number of hydrogen-bond acceptors (Lipinski definition) is 4. The van der Waals surface area contributed by atoms with Crippen molar-refractivity contribution >= 4 is 28.6 Å². The molecule has 0 atom stereocenters. The van der Waals surface area contributed by atoms with Crippen LogP contribution in [0.4, 0.5) is 26.3 Å². The molecule has 0 N–H and O–H groups in total. The lowest BCUT2D eigenvalue weighted by atomic mass is 10.1. The van der Waals surface area contributed by atoms with Gasteiger partial charge in [-0.2, -0.15) is 13.2 Å². The minimum absolute atomic E-state index is 0.153. The fourth-order valence-corrected chi connectivity index (χ4v) is 1.85. The SMILES string of the molecule is COC(=O)Cc1nc(I)c(OC(F)(F)F)cc1C(F)(F)F. The molecule has 0 unspecified atom stereocenters. The summed E-state index contributed by atoms with van der Waals surface area (Å²) < 4.78 is 82.0. The first-order valence-electron chi connectivity index (χ1n) is 5.03. The summed E-state index contributed by atoms with van der Waals surface area (Å²) in [5.41, 5.74) is -2.24. The maximum Gasteiger partial charge on any atom is 0.573 e. The van der Waals surface area contributed by atoms with E-state index in [1.807, 2.05) is 0 Å². The molecular weight excluding hydrogens is 423 g/mol. The van der Waals surface area contributed by atoms with Crippen molar-refractivity contribution in [2.75, 3.05) is 7.11 Å². The molecule has 0 saturated heterocycles. The van der Waals surface area contributed by atoms with Gasteiger partial charge < -0.3 is 9.47 Å². The smallest absolute Gasteiger partial charge is 0.469 e. The number of ether oxygens (including phenoxy) is 2. The summed E-state index contributed by atoms with van der Waals surface area (Å²) in [6, 6.07) is 0.153. The number of rotatable bonds is 3. The topological polar surface area (TPSA) is 48.4 Å². The molecule has 0 aliphatic carbocycles. The van der Waals surface area contributed by atoms with Gasteiger partial charge in [-0.05, 0) is 28.7 Å². The third-order valence-corrected chi connectivity index (χ3v) is 2.87. The Hall–Kier alpha value is -1.27. The first kappa shape index (κ1) is 17.8. The monoisotopic (exact) mass is 429 g/mol. The van der Waals surface area contributed by atoms with Crippen molar-refractivity contribution in [1.29, 1.82) is 0 Å². The molecule has 0 fully saturated rings. The zero-order valence-corrected chi connectivity index (χ0v) is 12.3.